The van der Waals surface area contributed by atoms with Gasteiger partial charge in [0.1, 0.15) is 0 Å². The van der Waals surface area contributed by atoms with Crippen LogP contribution in [-0.4, -0.2) is 50.8 Å². The first-order valence-corrected chi connectivity index (χ1v) is 11.1. The smallest absolute Gasteiger partial charge is 0.230 e. The molecule has 3 fully saturated rings. The Morgan fingerprint density at radius 2 is 2.03 bits per heavy atom. The number of benzene rings is 1. The van der Waals surface area contributed by atoms with Gasteiger partial charge < -0.3 is 14.4 Å². The molecule has 1 aliphatic carbocycles. The Balaban J connectivity index is 1.42. The average Bonchev–Trinajstić information content (AvgIpc) is 3.32. The van der Waals surface area contributed by atoms with Crippen LogP contribution in [0.5, 0.6) is 0 Å². The summed E-state index contributed by atoms with van der Waals surface area (Å²) in [6.07, 6.45) is 9.19. The van der Waals surface area contributed by atoms with Crippen LogP contribution in [0.2, 0.25) is 0 Å². The molecule has 2 atom stereocenters. The fourth-order valence-electron chi connectivity index (χ4n) is 5.26. The van der Waals surface area contributed by atoms with E-state index in [-0.39, 0.29) is 17.9 Å². The molecule has 0 radical (unpaired) electrons. The van der Waals surface area contributed by atoms with Crippen LogP contribution in [-0.2, 0) is 23.1 Å². The number of amides is 2. The summed E-state index contributed by atoms with van der Waals surface area (Å²) < 4.78 is 1.92. The third kappa shape index (κ3) is 3.64. The average molecular weight is 407 g/mol. The molecule has 5 rings (SSSR count). The van der Waals surface area contributed by atoms with E-state index in [2.05, 4.69) is 9.88 Å². The normalized spacial score (nSPS) is 26.6. The first kappa shape index (κ1) is 19.3. The van der Waals surface area contributed by atoms with Crippen molar-refractivity contribution < 1.29 is 9.59 Å². The molecule has 0 bridgehead atoms. The van der Waals surface area contributed by atoms with Crippen molar-refractivity contribution in [3.8, 4) is 0 Å². The second-order valence-corrected chi connectivity index (χ2v) is 9.45. The number of carbonyl (C=O) groups is 2. The molecule has 1 saturated carbocycles. The number of aromatic nitrogens is 2. The number of hydrogen-bond donors (Lipinski definition) is 0. The lowest BCUT2D eigenvalue weighted by molar-refractivity contribution is -0.146. The maximum atomic E-state index is 13.6. The molecule has 2 aromatic rings. The van der Waals surface area contributed by atoms with Crippen LogP contribution in [0.3, 0.4) is 0 Å². The second-order valence-electron chi connectivity index (χ2n) is 9.45. The van der Waals surface area contributed by atoms with Crippen molar-refractivity contribution in [3.63, 3.8) is 0 Å². The van der Waals surface area contributed by atoms with E-state index in [0.717, 1.165) is 37.2 Å². The van der Waals surface area contributed by atoms with Gasteiger partial charge >= 0.3 is 0 Å². The van der Waals surface area contributed by atoms with Gasteiger partial charge in [0, 0.05) is 32.9 Å². The maximum absolute atomic E-state index is 13.6. The fourth-order valence-corrected chi connectivity index (χ4v) is 5.26. The third-order valence-electron chi connectivity index (χ3n) is 7.02. The lowest BCUT2D eigenvalue weighted by Gasteiger charge is -2.39. The molecule has 6 heteroatoms. The minimum Gasteiger partial charge on any atom is -0.342 e. The summed E-state index contributed by atoms with van der Waals surface area (Å²) in [5.74, 6) is 1.03. The van der Waals surface area contributed by atoms with Crippen molar-refractivity contribution in [3.05, 3.63) is 54.1 Å². The third-order valence-corrected chi connectivity index (χ3v) is 7.02. The summed E-state index contributed by atoms with van der Waals surface area (Å²) >= 11 is 0. The summed E-state index contributed by atoms with van der Waals surface area (Å²) in [5.41, 5.74) is 1.44. The van der Waals surface area contributed by atoms with Gasteiger partial charge in [0.2, 0.25) is 11.8 Å². The molecular weight excluding hydrogens is 376 g/mol. The monoisotopic (exact) mass is 406 g/mol. The molecule has 2 saturated heterocycles. The predicted molar refractivity (Wildman–Crippen MR) is 113 cm³/mol. The lowest BCUT2D eigenvalue weighted by atomic mass is 9.76. The van der Waals surface area contributed by atoms with E-state index in [0.29, 0.717) is 25.3 Å². The van der Waals surface area contributed by atoms with Crippen molar-refractivity contribution in [1.29, 1.82) is 0 Å². The van der Waals surface area contributed by atoms with E-state index in [9.17, 15) is 9.59 Å². The molecule has 158 valence electrons. The standard InChI is InChI=1S/C24H30N4O2/c1-26-15-20(25-17-26)21-13-24(10-5-11-27(23(24)30)14-19-8-9-19)16-28(21)22(29)12-18-6-3-2-4-7-18/h2-4,6-7,15,17,19,21H,5,8-14,16H2,1H3/t21-,24-/m0/s1. The highest BCUT2D eigenvalue weighted by molar-refractivity contribution is 5.87. The largest absolute Gasteiger partial charge is 0.342 e. The van der Waals surface area contributed by atoms with Crippen molar-refractivity contribution in [2.24, 2.45) is 18.4 Å². The Morgan fingerprint density at radius 1 is 1.23 bits per heavy atom. The summed E-state index contributed by atoms with van der Waals surface area (Å²) in [6.45, 7) is 2.27. The molecule has 2 amide bonds. The molecule has 30 heavy (non-hydrogen) atoms. The summed E-state index contributed by atoms with van der Waals surface area (Å²) in [5, 5.41) is 0. The molecule has 3 aliphatic rings. The van der Waals surface area contributed by atoms with Crippen LogP contribution in [0.1, 0.15) is 49.4 Å². The Labute approximate surface area is 177 Å². The number of carbonyl (C=O) groups excluding carboxylic acids is 2. The number of imidazole rings is 1. The van der Waals surface area contributed by atoms with Crippen molar-refractivity contribution >= 4 is 11.8 Å². The van der Waals surface area contributed by atoms with Crippen LogP contribution < -0.4 is 0 Å². The van der Waals surface area contributed by atoms with Gasteiger partial charge in [0.25, 0.3) is 0 Å². The van der Waals surface area contributed by atoms with E-state index in [1.54, 1.807) is 6.33 Å². The highest BCUT2D eigenvalue weighted by Gasteiger charge is 2.54. The molecule has 0 N–H and O–H groups in total. The molecule has 1 aromatic carbocycles. The van der Waals surface area contributed by atoms with Crippen LogP contribution in [0.4, 0.5) is 0 Å². The zero-order valence-corrected chi connectivity index (χ0v) is 17.7. The fraction of sp³-hybridized carbons (Fsp3) is 0.542. The maximum Gasteiger partial charge on any atom is 0.230 e. The summed E-state index contributed by atoms with van der Waals surface area (Å²) in [4.78, 5) is 35.5. The topological polar surface area (TPSA) is 58.4 Å². The van der Waals surface area contributed by atoms with E-state index in [4.69, 9.17) is 0 Å². The highest BCUT2D eigenvalue weighted by Crippen LogP contribution is 2.49. The zero-order valence-electron chi connectivity index (χ0n) is 17.7. The Hall–Kier alpha value is -2.63. The number of hydrogen-bond acceptors (Lipinski definition) is 3. The summed E-state index contributed by atoms with van der Waals surface area (Å²) in [6, 6.07) is 9.73. The summed E-state index contributed by atoms with van der Waals surface area (Å²) in [7, 11) is 1.94. The van der Waals surface area contributed by atoms with E-state index < -0.39 is 5.41 Å². The Kier molecular flexibility index (Phi) is 4.88. The quantitative estimate of drug-likeness (QED) is 0.767. The molecule has 1 spiro atoms. The van der Waals surface area contributed by atoms with Gasteiger partial charge in [-0.2, -0.15) is 0 Å². The van der Waals surface area contributed by atoms with E-state index >= 15 is 0 Å². The number of likely N-dealkylation sites (tertiary alicyclic amines) is 2. The Bertz CT molecular complexity index is 936. The Morgan fingerprint density at radius 3 is 2.73 bits per heavy atom. The van der Waals surface area contributed by atoms with E-state index in [1.165, 1.54) is 12.8 Å². The molecule has 2 aliphatic heterocycles. The van der Waals surface area contributed by atoms with Gasteiger partial charge in [0.15, 0.2) is 0 Å². The number of piperidine rings is 1. The van der Waals surface area contributed by atoms with Gasteiger partial charge in [-0.3, -0.25) is 9.59 Å². The SMILES string of the molecule is Cn1cnc([C@@H]2C[C@@]3(CCCN(CC4CC4)C3=O)CN2C(=O)Cc2ccccc2)c1. The molecule has 6 nitrogen and oxygen atoms in total. The minimum atomic E-state index is -0.457. The molecule has 1 aromatic heterocycles. The van der Waals surface area contributed by atoms with Crippen molar-refractivity contribution in [2.45, 2.75) is 44.6 Å². The number of nitrogens with zero attached hydrogens (tertiary/aromatic N) is 4. The van der Waals surface area contributed by atoms with Crippen LogP contribution in [0.15, 0.2) is 42.9 Å². The van der Waals surface area contributed by atoms with Gasteiger partial charge in [-0.05, 0) is 43.6 Å². The van der Waals surface area contributed by atoms with Crippen molar-refractivity contribution in [2.75, 3.05) is 19.6 Å². The van der Waals surface area contributed by atoms with Gasteiger partial charge in [-0.15, -0.1) is 0 Å². The van der Waals surface area contributed by atoms with Crippen molar-refractivity contribution in [1.82, 2.24) is 19.4 Å². The molecular formula is C24H30N4O2. The van der Waals surface area contributed by atoms with Gasteiger partial charge in [-0.1, -0.05) is 30.3 Å². The van der Waals surface area contributed by atoms with Crippen LogP contribution in [0, 0.1) is 11.3 Å². The second kappa shape index (κ2) is 7.56. The molecule has 3 heterocycles. The predicted octanol–water partition coefficient (Wildman–Crippen LogP) is 2.96. The minimum absolute atomic E-state index is 0.0841. The van der Waals surface area contributed by atoms with Crippen LogP contribution in [0.25, 0.3) is 0 Å². The first-order valence-electron chi connectivity index (χ1n) is 11.1. The van der Waals surface area contributed by atoms with Gasteiger partial charge in [0.05, 0.1) is 29.9 Å². The van der Waals surface area contributed by atoms with E-state index in [1.807, 2.05) is 53.0 Å². The first-order chi connectivity index (χ1) is 14.5. The van der Waals surface area contributed by atoms with Crippen LogP contribution >= 0.6 is 0 Å². The highest BCUT2D eigenvalue weighted by atomic mass is 16.2. The lowest BCUT2D eigenvalue weighted by Crippen LogP contribution is -2.51. The van der Waals surface area contributed by atoms with Gasteiger partial charge in [-0.25, -0.2) is 4.98 Å². The number of aryl methyl sites for hydroxylation is 1. The zero-order chi connectivity index (χ0) is 20.7. The molecule has 0 unspecified atom stereocenters. The number of rotatable bonds is 5.